The lowest BCUT2D eigenvalue weighted by Crippen LogP contribution is -2.44. The molecule has 0 aromatic heterocycles. The van der Waals surface area contributed by atoms with Crippen molar-refractivity contribution in [2.45, 2.75) is 13.3 Å². The van der Waals surface area contributed by atoms with Gasteiger partial charge >= 0.3 is 0 Å². The van der Waals surface area contributed by atoms with Crippen LogP contribution in [0, 0.1) is 10.8 Å². The van der Waals surface area contributed by atoms with E-state index < -0.39 is 10.8 Å². The highest BCUT2D eigenvalue weighted by molar-refractivity contribution is 6.19. The van der Waals surface area contributed by atoms with Crippen LogP contribution in [-0.4, -0.2) is 18.7 Å². The van der Waals surface area contributed by atoms with Crippen LogP contribution in [-0.2, 0) is 9.59 Å². The minimum absolute atomic E-state index is 0.00749. The first kappa shape index (κ1) is 16.9. The summed E-state index contributed by atoms with van der Waals surface area (Å²) in [6, 6.07) is 18.3. The smallest absolute Gasteiger partial charge is 0.237 e. The first-order chi connectivity index (χ1) is 13.5. The number of amides is 1. The Bertz CT molecular complexity index is 1090. The summed E-state index contributed by atoms with van der Waals surface area (Å²) in [6.45, 7) is 2.05. The van der Waals surface area contributed by atoms with Crippen molar-refractivity contribution in [2.24, 2.45) is 10.8 Å². The summed E-state index contributed by atoms with van der Waals surface area (Å²) in [6.07, 6.45) is 7.89. The number of fused-ring (bicyclic) bond motifs is 3. The Morgan fingerprint density at radius 2 is 1.50 bits per heavy atom. The minimum atomic E-state index is -0.649. The van der Waals surface area contributed by atoms with Crippen LogP contribution in [0.3, 0.4) is 0 Å². The fourth-order valence-electron chi connectivity index (χ4n) is 5.22. The Hall–Kier alpha value is -3.20. The number of carbonyl (C=O) groups is 2. The van der Waals surface area contributed by atoms with Crippen molar-refractivity contribution in [3.05, 3.63) is 90.0 Å². The van der Waals surface area contributed by atoms with Crippen molar-refractivity contribution in [3.8, 4) is 0 Å². The molecule has 0 bridgehead atoms. The zero-order valence-electron chi connectivity index (χ0n) is 16.0. The Morgan fingerprint density at radius 3 is 2.21 bits per heavy atom. The van der Waals surface area contributed by atoms with E-state index in [-0.39, 0.29) is 11.7 Å². The molecular weight excluding hydrogens is 346 g/mol. The van der Waals surface area contributed by atoms with Crippen LogP contribution in [0.5, 0.6) is 0 Å². The van der Waals surface area contributed by atoms with Crippen LogP contribution in [0.25, 0.3) is 11.1 Å². The van der Waals surface area contributed by atoms with Crippen molar-refractivity contribution in [3.63, 3.8) is 0 Å². The maximum atomic E-state index is 13.5. The van der Waals surface area contributed by atoms with Crippen molar-refractivity contribution >= 4 is 28.5 Å². The number of hydrogen-bond acceptors (Lipinski definition) is 2. The summed E-state index contributed by atoms with van der Waals surface area (Å²) < 4.78 is 0. The van der Waals surface area contributed by atoms with Gasteiger partial charge in [-0.3, -0.25) is 9.59 Å². The summed E-state index contributed by atoms with van der Waals surface area (Å²) in [5, 5.41) is 0. The molecule has 0 fully saturated rings. The van der Waals surface area contributed by atoms with Crippen LogP contribution in [0.4, 0.5) is 5.69 Å². The van der Waals surface area contributed by atoms with E-state index in [2.05, 4.69) is 18.2 Å². The van der Waals surface area contributed by atoms with E-state index in [0.717, 1.165) is 28.0 Å². The number of carbonyl (C=O) groups excluding carboxylic acids is 2. The van der Waals surface area contributed by atoms with Gasteiger partial charge in [0.25, 0.3) is 0 Å². The van der Waals surface area contributed by atoms with Crippen molar-refractivity contribution < 1.29 is 9.59 Å². The van der Waals surface area contributed by atoms with E-state index in [1.807, 2.05) is 62.5 Å². The number of rotatable bonds is 1. The predicted octanol–water partition coefficient (Wildman–Crippen LogP) is 4.67. The predicted molar refractivity (Wildman–Crippen MR) is 112 cm³/mol. The number of anilines is 1. The number of benzene rings is 2. The van der Waals surface area contributed by atoms with E-state index in [9.17, 15) is 9.59 Å². The average molecular weight is 367 g/mol. The Morgan fingerprint density at radius 1 is 0.857 bits per heavy atom. The SMILES string of the molecule is CN1C(=O)[C@]2(C)CC3(C=CC(=O)C=C3)C(c3ccccc3)=C2c2ccccc21. The van der Waals surface area contributed by atoms with Crippen LogP contribution in [0.1, 0.15) is 24.5 Å². The maximum absolute atomic E-state index is 13.5. The third-order valence-electron chi connectivity index (χ3n) is 6.38. The number of ketones is 1. The molecule has 0 saturated carbocycles. The first-order valence-electron chi connectivity index (χ1n) is 9.57. The highest BCUT2D eigenvalue weighted by Gasteiger charge is 2.57. The molecule has 138 valence electrons. The molecule has 1 spiro atoms. The lowest BCUT2D eigenvalue weighted by atomic mass is 9.71. The van der Waals surface area contributed by atoms with Gasteiger partial charge in [-0.25, -0.2) is 0 Å². The lowest BCUT2D eigenvalue weighted by molar-refractivity contribution is -0.125. The number of allylic oxidation sites excluding steroid dienone is 5. The van der Waals surface area contributed by atoms with Gasteiger partial charge in [0.2, 0.25) is 5.91 Å². The first-order valence-corrected chi connectivity index (χ1v) is 9.57. The quantitative estimate of drug-likeness (QED) is 0.735. The van der Waals surface area contributed by atoms with Crippen LogP contribution >= 0.6 is 0 Å². The Balaban J connectivity index is 1.90. The second-order valence-electron chi connectivity index (χ2n) is 8.12. The highest BCUT2D eigenvalue weighted by Crippen LogP contribution is 2.65. The molecule has 2 aromatic carbocycles. The fourth-order valence-corrected chi connectivity index (χ4v) is 5.22. The summed E-state index contributed by atoms with van der Waals surface area (Å²) in [7, 11) is 1.85. The zero-order chi connectivity index (χ0) is 19.5. The molecule has 1 atom stereocenters. The fraction of sp³-hybridized carbons (Fsp3) is 0.200. The molecule has 0 saturated heterocycles. The molecule has 1 amide bonds. The van der Waals surface area contributed by atoms with E-state index in [0.29, 0.717) is 6.42 Å². The third-order valence-corrected chi connectivity index (χ3v) is 6.38. The van der Waals surface area contributed by atoms with Gasteiger partial charge in [-0.15, -0.1) is 0 Å². The minimum Gasteiger partial charge on any atom is -0.314 e. The van der Waals surface area contributed by atoms with Gasteiger partial charge in [0.15, 0.2) is 5.78 Å². The van der Waals surface area contributed by atoms with E-state index in [4.69, 9.17) is 0 Å². The lowest BCUT2D eigenvalue weighted by Gasteiger charge is -2.39. The molecule has 0 radical (unpaired) electrons. The van der Waals surface area contributed by atoms with Gasteiger partial charge in [-0.2, -0.15) is 0 Å². The highest BCUT2D eigenvalue weighted by atomic mass is 16.2. The molecule has 2 aromatic rings. The van der Waals surface area contributed by atoms with Gasteiger partial charge in [0.05, 0.1) is 11.1 Å². The van der Waals surface area contributed by atoms with Gasteiger partial charge in [0.1, 0.15) is 0 Å². The molecule has 28 heavy (non-hydrogen) atoms. The topological polar surface area (TPSA) is 37.4 Å². The van der Waals surface area contributed by atoms with E-state index in [1.165, 1.54) is 0 Å². The van der Waals surface area contributed by atoms with Gasteiger partial charge < -0.3 is 4.90 Å². The molecule has 0 unspecified atom stereocenters. The van der Waals surface area contributed by atoms with Crippen molar-refractivity contribution in [1.29, 1.82) is 0 Å². The van der Waals surface area contributed by atoms with Crippen LogP contribution in [0.2, 0.25) is 0 Å². The largest absolute Gasteiger partial charge is 0.314 e. The molecule has 0 N–H and O–H groups in total. The Labute approximate surface area is 164 Å². The Kier molecular flexibility index (Phi) is 3.42. The number of hydrogen-bond donors (Lipinski definition) is 0. The number of para-hydroxylation sites is 1. The van der Waals surface area contributed by atoms with Gasteiger partial charge in [-0.05, 0) is 48.3 Å². The second-order valence-corrected chi connectivity index (χ2v) is 8.12. The van der Waals surface area contributed by atoms with Gasteiger partial charge in [0, 0.05) is 18.0 Å². The standard InChI is InChI=1S/C25H21NO2/c1-24-16-25(14-12-18(27)13-15-25)21(17-8-4-3-5-9-17)22(24)19-10-6-7-11-20(19)26(2)23(24)28/h3-15H,16H2,1-2H3/t24-/m1/s1. The molecule has 5 rings (SSSR count). The average Bonchev–Trinajstić information content (AvgIpc) is 2.99. The molecular formula is C25H21NO2. The molecule has 1 aliphatic heterocycles. The molecule has 3 nitrogen and oxygen atoms in total. The van der Waals surface area contributed by atoms with Gasteiger partial charge in [-0.1, -0.05) is 60.7 Å². The maximum Gasteiger partial charge on any atom is 0.237 e. The van der Waals surface area contributed by atoms with Crippen molar-refractivity contribution in [1.82, 2.24) is 0 Å². The van der Waals surface area contributed by atoms with E-state index in [1.54, 1.807) is 17.1 Å². The van der Waals surface area contributed by atoms with E-state index >= 15 is 0 Å². The molecule has 2 aliphatic carbocycles. The zero-order valence-corrected chi connectivity index (χ0v) is 16.0. The second kappa shape index (κ2) is 5.65. The molecule has 3 heteroatoms. The summed E-state index contributed by atoms with van der Waals surface area (Å²) in [5.74, 6) is 0.0945. The van der Waals surface area contributed by atoms with Crippen molar-refractivity contribution in [2.75, 3.05) is 11.9 Å². The van der Waals surface area contributed by atoms with Crippen LogP contribution < -0.4 is 4.90 Å². The molecule has 1 heterocycles. The third kappa shape index (κ3) is 2.10. The normalized spacial score (nSPS) is 24.7. The number of nitrogens with zero attached hydrogens (tertiary/aromatic N) is 1. The summed E-state index contributed by atoms with van der Waals surface area (Å²) >= 11 is 0. The summed E-state index contributed by atoms with van der Waals surface area (Å²) in [5.41, 5.74) is 4.23. The monoisotopic (exact) mass is 367 g/mol. The summed E-state index contributed by atoms with van der Waals surface area (Å²) in [4.78, 5) is 27.2. The molecule has 3 aliphatic rings. The van der Waals surface area contributed by atoms with Crippen LogP contribution in [0.15, 0.2) is 78.9 Å².